The zero-order valence-electron chi connectivity index (χ0n) is 22.5. The van der Waals surface area contributed by atoms with Crippen molar-refractivity contribution in [2.45, 2.75) is 50.3 Å². The van der Waals surface area contributed by atoms with Gasteiger partial charge in [0.2, 0.25) is 6.41 Å². The number of carbonyl (C=O) groups is 1. The molecule has 2 aliphatic rings. The van der Waals surface area contributed by atoms with Crippen LogP contribution in [-0.4, -0.2) is 38.7 Å². The van der Waals surface area contributed by atoms with Crippen molar-refractivity contribution in [3.05, 3.63) is 84.6 Å². The molecule has 2 aromatic heterocycles. The fourth-order valence-electron chi connectivity index (χ4n) is 4.08. The number of rotatable bonds is 6. The number of nitrogens with one attached hydrogen (secondary N) is 3. The first-order valence-corrected chi connectivity index (χ1v) is 14.5. The molecule has 0 radical (unpaired) electrons. The second-order valence-corrected chi connectivity index (χ2v) is 11.1. The molecule has 4 aromatic rings. The Bertz CT molecular complexity index is 1370. The highest BCUT2D eigenvalue weighted by Gasteiger charge is 2.17. The van der Waals surface area contributed by atoms with E-state index in [2.05, 4.69) is 37.2 Å². The van der Waals surface area contributed by atoms with Crippen LogP contribution in [0.2, 0.25) is 0 Å². The molecular weight excluding hydrogens is 508 g/mol. The number of benzene rings is 2. The van der Waals surface area contributed by atoms with E-state index in [1.54, 1.807) is 6.20 Å². The largest absolute Gasteiger partial charge is 0.329 e. The van der Waals surface area contributed by atoms with Crippen molar-refractivity contribution >= 4 is 39.7 Å². The van der Waals surface area contributed by atoms with Gasteiger partial charge in [-0.15, -0.1) is 0 Å². The van der Waals surface area contributed by atoms with Crippen LogP contribution in [0.5, 0.6) is 0 Å². The van der Waals surface area contributed by atoms with E-state index in [0.717, 1.165) is 64.5 Å². The lowest BCUT2D eigenvalue weighted by atomic mass is 9.95. The minimum absolute atomic E-state index is 0.436. The molecule has 3 N–H and O–H groups in total. The minimum atomic E-state index is -1.31. The van der Waals surface area contributed by atoms with E-state index in [1.165, 1.54) is 12.8 Å². The summed E-state index contributed by atoms with van der Waals surface area (Å²) < 4.78 is 15.1. The molecule has 2 fully saturated rings. The number of fused-ring (bicyclic) bond motifs is 1. The van der Waals surface area contributed by atoms with Gasteiger partial charge in [0.05, 0.1) is 16.8 Å². The van der Waals surface area contributed by atoms with E-state index < -0.39 is 11.0 Å². The summed E-state index contributed by atoms with van der Waals surface area (Å²) in [4.78, 5) is 23.9. The Morgan fingerprint density at radius 2 is 1.67 bits per heavy atom. The van der Waals surface area contributed by atoms with Gasteiger partial charge in [0.1, 0.15) is 0 Å². The van der Waals surface area contributed by atoms with Gasteiger partial charge in [-0.25, -0.2) is 9.19 Å². The lowest BCUT2D eigenvalue weighted by Gasteiger charge is -2.22. The monoisotopic (exact) mass is 544 g/mol. The van der Waals surface area contributed by atoms with Gasteiger partial charge in [-0.2, -0.15) is 0 Å². The summed E-state index contributed by atoms with van der Waals surface area (Å²) in [5, 5.41) is 8.17. The van der Waals surface area contributed by atoms with Gasteiger partial charge >= 0.3 is 0 Å². The highest BCUT2D eigenvalue weighted by molar-refractivity contribution is 7.86. The summed E-state index contributed by atoms with van der Waals surface area (Å²) in [6, 6.07) is 15.0. The van der Waals surface area contributed by atoms with Crippen LogP contribution in [-0.2, 0) is 15.8 Å². The van der Waals surface area contributed by atoms with Crippen LogP contribution in [0.3, 0.4) is 0 Å². The SMILES string of the molecule is CC1CC1.Cc1cncc2ccc(NC=O)cc12.O=S(Nc1cncc(C2CCNCC2)n1)c1ccccc1. The molecule has 1 aliphatic carbocycles. The number of nitrogens with zero attached hydrogens (tertiary/aromatic N) is 3. The van der Waals surface area contributed by atoms with E-state index in [4.69, 9.17) is 0 Å². The number of piperidine rings is 1. The molecule has 3 heterocycles. The zero-order valence-corrected chi connectivity index (χ0v) is 23.3. The highest BCUT2D eigenvalue weighted by Crippen LogP contribution is 2.27. The maximum Gasteiger partial charge on any atom is 0.211 e. The molecule has 2 aromatic carbocycles. The van der Waals surface area contributed by atoms with E-state index >= 15 is 0 Å². The lowest BCUT2D eigenvalue weighted by Crippen LogP contribution is -2.27. The van der Waals surface area contributed by atoms with E-state index in [-0.39, 0.29) is 0 Å². The molecule has 1 unspecified atom stereocenters. The topological polar surface area (TPSA) is 109 Å². The number of amides is 1. The summed E-state index contributed by atoms with van der Waals surface area (Å²) in [6.45, 7) is 6.31. The predicted molar refractivity (Wildman–Crippen MR) is 158 cm³/mol. The number of carbonyl (C=O) groups excluding carboxylic acids is 1. The number of pyridine rings is 1. The lowest BCUT2D eigenvalue weighted by molar-refractivity contribution is -0.105. The van der Waals surface area contributed by atoms with Crippen molar-refractivity contribution in [1.82, 2.24) is 20.3 Å². The van der Waals surface area contributed by atoms with Crippen LogP contribution < -0.4 is 15.4 Å². The third-order valence-electron chi connectivity index (χ3n) is 6.62. The number of aryl methyl sites for hydroxylation is 1. The predicted octanol–water partition coefficient (Wildman–Crippen LogP) is 5.61. The van der Waals surface area contributed by atoms with Gasteiger partial charge in [-0.3, -0.25) is 19.5 Å². The average molecular weight is 545 g/mol. The van der Waals surface area contributed by atoms with Crippen molar-refractivity contribution in [3.63, 3.8) is 0 Å². The van der Waals surface area contributed by atoms with E-state index in [1.807, 2.05) is 74.0 Å². The van der Waals surface area contributed by atoms with E-state index in [9.17, 15) is 9.00 Å². The molecule has 0 bridgehead atoms. The van der Waals surface area contributed by atoms with Crippen molar-refractivity contribution < 1.29 is 9.00 Å². The van der Waals surface area contributed by atoms with Crippen LogP contribution in [0.15, 0.2) is 78.2 Å². The van der Waals surface area contributed by atoms with Crippen LogP contribution in [0.1, 0.15) is 49.8 Å². The maximum atomic E-state index is 12.2. The third-order valence-corrected chi connectivity index (χ3v) is 7.71. The second kappa shape index (κ2) is 14.5. The van der Waals surface area contributed by atoms with Crippen LogP contribution in [0.4, 0.5) is 11.5 Å². The minimum Gasteiger partial charge on any atom is -0.329 e. The number of anilines is 2. The fraction of sp³-hybridized carbons (Fsp3) is 0.333. The number of hydrogen-bond acceptors (Lipinski definition) is 6. The van der Waals surface area contributed by atoms with Gasteiger partial charge in [-0.05, 0) is 74.0 Å². The highest BCUT2D eigenvalue weighted by atomic mass is 32.2. The number of aromatic nitrogens is 3. The van der Waals surface area contributed by atoms with Gasteiger partial charge in [-0.1, -0.05) is 44.0 Å². The van der Waals surface area contributed by atoms with Crippen molar-refractivity contribution in [2.24, 2.45) is 5.92 Å². The van der Waals surface area contributed by atoms with Gasteiger partial charge in [0.15, 0.2) is 16.8 Å². The molecule has 9 heteroatoms. The fourth-order valence-corrected chi connectivity index (χ4v) is 4.89. The molecule has 204 valence electrons. The Kier molecular flexibility index (Phi) is 10.5. The summed E-state index contributed by atoms with van der Waals surface area (Å²) in [5.41, 5.74) is 2.89. The van der Waals surface area contributed by atoms with Crippen LogP contribution >= 0.6 is 0 Å². The summed E-state index contributed by atoms with van der Waals surface area (Å²) in [7, 11) is -1.31. The van der Waals surface area contributed by atoms with Crippen LogP contribution in [0.25, 0.3) is 10.8 Å². The Hall–Kier alpha value is -3.69. The summed E-state index contributed by atoms with van der Waals surface area (Å²) in [5.74, 6) is 2.08. The Balaban J connectivity index is 0.000000167. The smallest absolute Gasteiger partial charge is 0.211 e. The van der Waals surface area contributed by atoms with Crippen LogP contribution in [0, 0.1) is 12.8 Å². The molecule has 8 nitrogen and oxygen atoms in total. The first-order valence-electron chi connectivity index (χ1n) is 13.3. The Morgan fingerprint density at radius 1 is 0.949 bits per heavy atom. The molecular formula is C30H36N6O2S. The van der Waals surface area contributed by atoms with Gasteiger partial charge < -0.3 is 10.6 Å². The molecule has 0 spiro atoms. The third kappa shape index (κ3) is 8.94. The molecule has 1 saturated carbocycles. The van der Waals surface area contributed by atoms with Crippen molar-refractivity contribution in [2.75, 3.05) is 23.1 Å². The Morgan fingerprint density at radius 3 is 2.36 bits per heavy atom. The number of hydrogen-bond donors (Lipinski definition) is 3. The summed E-state index contributed by atoms with van der Waals surface area (Å²) in [6.07, 6.45) is 12.8. The second-order valence-electron chi connectivity index (χ2n) is 9.87. The van der Waals surface area contributed by atoms with Crippen molar-refractivity contribution in [1.29, 1.82) is 0 Å². The Labute approximate surface area is 232 Å². The van der Waals surface area contributed by atoms with Gasteiger partial charge in [0, 0.05) is 35.6 Å². The quantitative estimate of drug-likeness (QED) is 0.273. The first-order chi connectivity index (χ1) is 19.0. The van der Waals surface area contributed by atoms with E-state index in [0.29, 0.717) is 18.1 Å². The van der Waals surface area contributed by atoms with Gasteiger partial charge in [0.25, 0.3) is 0 Å². The summed E-state index contributed by atoms with van der Waals surface area (Å²) >= 11 is 0. The standard InChI is InChI=1S/C15H18N4OS.C11H10N2O.C4H8/c20-21(13-4-2-1-3-5-13)19-15-11-17-10-14(18-15)12-6-8-16-9-7-12;1-8-5-12-6-9-2-3-10(13-7-14)4-11(8)9;1-4-2-3-4/h1-5,10-12,16H,6-9H2,(H,18,19);2-7H,1H3,(H,13,14);4H,2-3H2,1H3. The molecule has 1 amide bonds. The normalized spacial score (nSPS) is 15.6. The molecule has 39 heavy (non-hydrogen) atoms. The average Bonchev–Trinajstić information content (AvgIpc) is 3.77. The maximum absolute atomic E-state index is 12.2. The first kappa shape index (κ1) is 28.3. The molecule has 1 aliphatic heterocycles. The zero-order chi connectivity index (χ0) is 27.5. The molecule has 1 atom stereocenters. The molecule has 6 rings (SSSR count). The van der Waals surface area contributed by atoms with Crippen molar-refractivity contribution in [3.8, 4) is 0 Å². The molecule has 1 saturated heterocycles.